The Labute approximate surface area is 243 Å². The van der Waals surface area contributed by atoms with Crippen LogP contribution in [0.25, 0.3) is 11.1 Å². The lowest BCUT2D eigenvalue weighted by Gasteiger charge is -2.38. The molecule has 0 amide bonds. The summed E-state index contributed by atoms with van der Waals surface area (Å²) in [4.78, 5) is 0. The Morgan fingerprint density at radius 3 is 2.02 bits per heavy atom. The van der Waals surface area contributed by atoms with Crippen molar-refractivity contribution in [2.45, 2.75) is 104 Å². The minimum atomic E-state index is 0.0300. The van der Waals surface area contributed by atoms with Crippen molar-refractivity contribution in [2.75, 3.05) is 0 Å². The molecule has 3 aliphatic carbocycles. The third-order valence-electron chi connectivity index (χ3n) is 10.1. The van der Waals surface area contributed by atoms with Gasteiger partial charge in [-0.05, 0) is 79.2 Å². The number of hydrogen-bond donors (Lipinski definition) is 0. The third kappa shape index (κ3) is 4.25. The Morgan fingerprint density at radius 2 is 1.40 bits per heavy atom. The first-order valence-corrected chi connectivity index (χ1v) is 15.4. The van der Waals surface area contributed by atoms with Crippen LogP contribution < -0.4 is 0 Å². The van der Waals surface area contributed by atoms with Crippen molar-refractivity contribution in [1.29, 1.82) is 0 Å². The zero-order valence-electron chi connectivity index (χ0n) is 26.5. The summed E-state index contributed by atoms with van der Waals surface area (Å²) in [5, 5.41) is 0. The summed E-state index contributed by atoms with van der Waals surface area (Å²) in [6.07, 6.45) is 7.44. The van der Waals surface area contributed by atoms with Gasteiger partial charge in [-0.15, -0.1) is 0 Å². The van der Waals surface area contributed by atoms with Gasteiger partial charge in [0.25, 0.3) is 0 Å². The van der Waals surface area contributed by atoms with Gasteiger partial charge in [0, 0.05) is 17.3 Å². The molecule has 0 radical (unpaired) electrons. The molecule has 1 fully saturated rings. The van der Waals surface area contributed by atoms with E-state index in [1.54, 1.807) is 16.7 Å². The smallest absolute Gasteiger partial charge is 0.00870 e. The quantitative estimate of drug-likeness (QED) is 0.243. The van der Waals surface area contributed by atoms with Crippen molar-refractivity contribution in [3.8, 4) is 11.1 Å². The Bertz CT molecular complexity index is 1540. The van der Waals surface area contributed by atoms with Crippen molar-refractivity contribution in [2.24, 2.45) is 11.3 Å². The van der Waals surface area contributed by atoms with Crippen LogP contribution in [0.15, 0.2) is 84.0 Å². The number of hydrogen-bond acceptors (Lipinski definition) is 0. The summed E-state index contributed by atoms with van der Waals surface area (Å²) in [5.74, 6) is 0.876. The monoisotopic (exact) mass is 528 g/mol. The van der Waals surface area contributed by atoms with E-state index in [9.17, 15) is 0 Å². The normalized spacial score (nSPS) is 23.9. The fourth-order valence-corrected chi connectivity index (χ4v) is 7.87. The Kier molecular flexibility index (Phi) is 6.02. The lowest BCUT2D eigenvalue weighted by atomic mass is 9.65. The maximum atomic E-state index is 2.66. The molecule has 0 nitrogen and oxygen atoms in total. The zero-order chi connectivity index (χ0) is 28.8. The first kappa shape index (κ1) is 27.3. The van der Waals surface area contributed by atoms with Gasteiger partial charge in [-0.3, -0.25) is 0 Å². The van der Waals surface area contributed by atoms with Crippen LogP contribution in [0.4, 0.5) is 0 Å². The van der Waals surface area contributed by atoms with Crippen LogP contribution in [0.5, 0.6) is 0 Å². The predicted octanol–water partition coefficient (Wildman–Crippen LogP) is 10.8. The molecule has 1 saturated carbocycles. The molecule has 0 heteroatoms. The molecule has 0 spiro atoms. The first-order valence-electron chi connectivity index (χ1n) is 15.4. The minimum Gasteiger partial charge on any atom is -0.0727 e. The molecule has 208 valence electrons. The lowest BCUT2D eigenvalue weighted by Crippen LogP contribution is -2.32. The number of benzene rings is 3. The highest BCUT2D eigenvalue weighted by molar-refractivity contribution is 5.80. The zero-order valence-corrected chi connectivity index (χ0v) is 26.5. The molecular formula is C40H48. The summed E-state index contributed by atoms with van der Waals surface area (Å²) in [6.45, 7) is 23.9. The summed E-state index contributed by atoms with van der Waals surface area (Å²) in [5.41, 5.74) is 15.6. The average molecular weight is 529 g/mol. The van der Waals surface area contributed by atoms with E-state index in [4.69, 9.17) is 0 Å². The van der Waals surface area contributed by atoms with Gasteiger partial charge in [-0.2, -0.15) is 0 Å². The predicted molar refractivity (Wildman–Crippen MR) is 172 cm³/mol. The molecule has 3 unspecified atom stereocenters. The molecule has 0 bridgehead atoms. The van der Waals surface area contributed by atoms with Gasteiger partial charge >= 0.3 is 0 Å². The van der Waals surface area contributed by atoms with Gasteiger partial charge in [0.2, 0.25) is 0 Å². The van der Waals surface area contributed by atoms with E-state index >= 15 is 0 Å². The molecule has 3 aromatic rings. The molecule has 0 heterocycles. The summed E-state index contributed by atoms with van der Waals surface area (Å²) in [6, 6.07) is 23.5. The maximum absolute atomic E-state index is 2.66. The minimum absolute atomic E-state index is 0.0300. The molecule has 0 saturated heterocycles. The molecule has 3 atom stereocenters. The molecule has 3 aliphatic rings. The SMILES string of the molecule is CC(C)(C)C1=CC2C(=C1)C(c1ccccc1)CC2(C)c1c(C(C)(C)C)ccc2c1Cc1cc(C(C)(C)C)ccc1-2. The van der Waals surface area contributed by atoms with Crippen molar-refractivity contribution >= 4 is 0 Å². The van der Waals surface area contributed by atoms with Gasteiger partial charge in [-0.25, -0.2) is 0 Å². The Morgan fingerprint density at radius 1 is 0.725 bits per heavy atom. The molecule has 6 rings (SSSR count). The van der Waals surface area contributed by atoms with Gasteiger partial charge in [-0.1, -0.05) is 148 Å². The fraction of sp³-hybridized carbons (Fsp3) is 0.450. The van der Waals surface area contributed by atoms with Crippen molar-refractivity contribution in [3.05, 3.63) is 117 Å². The van der Waals surface area contributed by atoms with E-state index in [-0.39, 0.29) is 21.7 Å². The molecule has 0 aliphatic heterocycles. The van der Waals surface area contributed by atoms with Crippen LogP contribution in [0.2, 0.25) is 0 Å². The van der Waals surface area contributed by atoms with Crippen LogP contribution in [-0.4, -0.2) is 0 Å². The average Bonchev–Trinajstić information content (AvgIpc) is 3.54. The fourth-order valence-electron chi connectivity index (χ4n) is 7.87. The van der Waals surface area contributed by atoms with Crippen molar-refractivity contribution < 1.29 is 0 Å². The summed E-state index contributed by atoms with van der Waals surface area (Å²) < 4.78 is 0. The van der Waals surface area contributed by atoms with Crippen LogP contribution in [0, 0.1) is 11.3 Å². The summed E-state index contributed by atoms with van der Waals surface area (Å²) in [7, 11) is 0. The van der Waals surface area contributed by atoms with Gasteiger partial charge in [0.1, 0.15) is 0 Å². The highest BCUT2D eigenvalue weighted by atomic mass is 14.6. The van der Waals surface area contributed by atoms with Crippen LogP contribution in [0.3, 0.4) is 0 Å². The van der Waals surface area contributed by atoms with Gasteiger partial charge in [0.15, 0.2) is 0 Å². The second-order valence-corrected chi connectivity index (χ2v) is 16.1. The van der Waals surface area contributed by atoms with E-state index in [2.05, 4.69) is 142 Å². The summed E-state index contributed by atoms with van der Waals surface area (Å²) >= 11 is 0. The standard InChI is InChI=1S/C40H48/c1-37(2,3)27-16-17-29-26(20-27)21-32-30(29)18-19-34(39(7,8)9)36(32)40(10)24-33(25-14-12-11-13-15-25)31-22-28(23-35(31)40)38(4,5)6/h11-20,22-23,33,35H,21,24H2,1-10H3. The maximum Gasteiger partial charge on any atom is 0.00870 e. The molecule has 0 N–H and O–H groups in total. The largest absolute Gasteiger partial charge is 0.0727 e. The number of fused-ring (bicyclic) bond motifs is 4. The molecule has 0 aromatic heterocycles. The second kappa shape index (κ2) is 8.82. The van der Waals surface area contributed by atoms with Crippen LogP contribution in [-0.2, 0) is 22.7 Å². The van der Waals surface area contributed by atoms with E-state index in [0.717, 1.165) is 12.8 Å². The van der Waals surface area contributed by atoms with Gasteiger partial charge in [0.05, 0.1) is 0 Å². The topological polar surface area (TPSA) is 0 Å². The van der Waals surface area contributed by atoms with E-state index in [1.807, 2.05) is 0 Å². The van der Waals surface area contributed by atoms with Crippen LogP contribution in [0.1, 0.15) is 115 Å². The highest BCUT2D eigenvalue weighted by Crippen LogP contribution is 2.62. The van der Waals surface area contributed by atoms with Crippen molar-refractivity contribution in [1.82, 2.24) is 0 Å². The lowest BCUT2D eigenvalue weighted by molar-refractivity contribution is 0.403. The Balaban J connectivity index is 1.58. The molecule has 40 heavy (non-hydrogen) atoms. The number of rotatable bonds is 2. The highest BCUT2D eigenvalue weighted by Gasteiger charge is 2.52. The van der Waals surface area contributed by atoms with E-state index < -0.39 is 0 Å². The molecular weight excluding hydrogens is 480 g/mol. The second-order valence-electron chi connectivity index (χ2n) is 16.1. The number of allylic oxidation sites excluding steroid dienone is 4. The third-order valence-corrected chi connectivity index (χ3v) is 10.1. The Hall–Kier alpha value is -2.86. The molecule has 3 aromatic carbocycles. The van der Waals surface area contributed by atoms with Crippen molar-refractivity contribution in [3.63, 3.8) is 0 Å². The van der Waals surface area contributed by atoms with E-state index in [0.29, 0.717) is 11.8 Å². The first-order chi connectivity index (χ1) is 18.6. The van der Waals surface area contributed by atoms with Gasteiger partial charge < -0.3 is 0 Å². The van der Waals surface area contributed by atoms with E-state index in [1.165, 1.54) is 39.0 Å². The van der Waals surface area contributed by atoms with Crippen LogP contribution >= 0.6 is 0 Å².